The molecule has 12 heteroatoms. The first-order valence-electron chi connectivity index (χ1n) is 10.9. The first-order valence-corrected chi connectivity index (χ1v) is 10.9. The van der Waals surface area contributed by atoms with Crippen LogP contribution in [-0.2, 0) is 19.6 Å². The van der Waals surface area contributed by atoms with Crippen LogP contribution in [0.2, 0.25) is 0 Å². The summed E-state index contributed by atoms with van der Waals surface area (Å²) in [6.45, 7) is 4.69. The Kier molecular flexibility index (Phi) is 6.39. The topological polar surface area (TPSA) is 139 Å². The zero-order valence-electron chi connectivity index (χ0n) is 19.5. The molecule has 0 aliphatic carbocycles. The monoisotopic (exact) mass is 470 g/mol. The molecule has 0 fully saturated rings. The average molecular weight is 470 g/mol. The normalized spacial score (nSPS) is 11.3. The van der Waals surface area contributed by atoms with Crippen molar-refractivity contribution in [2.24, 2.45) is 0 Å². The van der Waals surface area contributed by atoms with Gasteiger partial charge in [-0.1, -0.05) is 18.5 Å². The molecule has 180 valence electrons. The third-order valence-electron chi connectivity index (χ3n) is 5.64. The molecule has 0 radical (unpaired) electrons. The van der Waals surface area contributed by atoms with Gasteiger partial charge in [0.15, 0.2) is 28.5 Å². The third kappa shape index (κ3) is 3.91. The van der Waals surface area contributed by atoms with Crippen LogP contribution in [0.5, 0.6) is 11.5 Å². The zero-order chi connectivity index (χ0) is 24.4. The number of fused-ring (bicyclic) bond motifs is 1. The molecule has 3 heterocycles. The molecule has 4 aromatic rings. The van der Waals surface area contributed by atoms with Crippen LogP contribution in [-0.4, -0.2) is 43.0 Å². The van der Waals surface area contributed by atoms with Crippen LogP contribution < -0.4 is 26.5 Å². The van der Waals surface area contributed by atoms with E-state index in [-0.39, 0.29) is 23.5 Å². The number of aromatic nitrogens is 6. The van der Waals surface area contributed by atoms with E-state index in [1.165, 1.54) is 23.4 Å². The fourth-order valence-corrected chi connectivity index (χ4v) is 3.93. The van der Waals surface area contributed by atoms with Crippen molar-refractivity contribution < 1.29 is 14.0 Å². The molecule has 0 aliphatic rings. The van der Waals surface area contributed by atoms with Gasteiger partial charge in [-0.2, -0.15) is 0 Å². The highest BCUT2D eigenvalue weighted by Gasteiger charge is 2.21. The minimum absolute atomic E-state index is 0.0179. The molecule has 12 nitrogen and oxygen atoms in total. The van der Waals surface area contributed by atoms with Gasteiger partial charge in [0.05, 0.1) is 20.8 Å². The summed E-state index contributed by atoms with van der Waals surface area (Å²) in [5.41, 5.74) is 0.111. The van der Waals surface area contributed by atoms with Crippen LogP contribution in [0.3, 0.4) is 0 Å². The van der Waals surface area contributed by atoms with E-state index >= 15 is 0 Å². The number of imidazole rings is 1. The number of benzene rings is 1. The van der Waals surface area contributed by atoms with Gasteiger partial charge in [0.2, 0.25) is 0 Å². The predicted octanol–water partition coefficient (Wildman–Crippen LogP) is 1.59. The molecule has 3 aromatic heterocycles. The Morgan fingerprint density at radius 1 is 1.03 bits per heavy atom. The van der Waals surface area contributed by atoms with E-state index < -0.39 is 17.0 Å². The van der Waals surface area contributed by atoms with Gasteiger partial charge in [-0.05, 0) is 31.5 Å². The van der Waals surface area contributed by atoms with E-state index in [0.29, 0.717) is 36.0 Å². The van der Waals surface area contributed by atoms with Crippen molar-refractivity contribution in [2.75, 3.05) is 14.2 Å². The highest BCUT2D eigenvalue weighted by atomic mass is 16.5. The summed E-state index contributed by atoms with van der Waals surface area (Å²) in [7, 11) is 3.04. The summed E-state index contributed by atoms with van der Waals surface area (Å²) < 4.78 is 20.0. The Morgan fingerprint density at radius 2 is 1.79 bits per heavy atom. The van der Waals surface area contributed by atoms with Gasteiger partial charge in [-0.15, -0.1) is 0 Å². The van der Waals surface area contributed by atoms with Crippen LogP contribution in [0.25, 0.3) is 22.6 Å². The second-order valence-electron chi connectivity index (χ2n) is 7.64. The fraction of sp³-hybridized carbons (Fsp3) is 0.409. The summed E-state index contributed by atoms with van der Waals surface area (Å²) in [6, 6.07) is 5.11. The van der Waals surface area contributed by atoms with Crippen LogP contribution in [0.15, 0.2) is 37.1 Å². The van der Waals surface area contributed by atoms with Crippen molar-refractivity contribution >= 4 is 11.2 Å². The molecule has 0 spiro atoms. The van der Waals surface area contributed by atoms with Crippen molar-refractivity contribution in [3.63, 3.8) is 0 Å². The van der Waals surface area contributed by atoms with E-state index in [1.807, 2.05) is 13.8 Å². The first kappa shape index (κ1) is 23.1. The number of nitrogens with zero attached hydrogens (tertiary/aromatic N) is 5. The maximum Gasteiger partial charge on any atom is 0.442 e. The lowest BCUT2D eigenvalue weighted by Gasteiger charge is -2.10. The predicted molar refractivity (Wildman–Crippen MR) is 124 cm³/mol. The van der Waals surface area contributed by atoms with Crippen LogP contribution >= 0.6 is 0 Å². The number of H-pyrrole nitrogens is 1. The number of hydrogen-bond donors (Lipinski definition) is 1. The number of hydrogen-bond acceptors (Lipinski definition) is 8. The Bertz CT molecular complexity index is 1510. The number of unbranched alkanes of at least 4 members (excludes halogenated alkanes) is 1. The number of rotatable bonds is 9. The van der Waals surface area contributed by atoms with Crippen molar-refractivity contribution in [1.29, 1.82) is 0 Å². The van der Waals surface area contributed by atoms with E-state index in [1.54, 1.807) is 22.8 Å². The highest BCUT2D eigenvalue weighted by molar-refractivity contribution is 5.71. The van der Waals surface area contributed by atoms with Crippen LogP contribution in [0.4, 0.5) is 0 Å². The standard InChI is InChI=1S/C22H26N6O6/c1-5-7-10-27-19-17(20(29)24-21(27)30)26(6-2)16(23-19)12-28-18(25-34-22(28)31)13-8-9-14(32-3)15(11-13)33-4/h8-9,11H,5-7,10,12H2,1-4H3,(H,24,29,30). The van der Waals surface area contributed by atoms with Gasteiger partial charge >= 0.3 is 11.4 Å². The quantitative estimate of drug-likeness (QED) is 0.389. The molecule has 0 aliphatic heterocycles. The molecule has 34 heavy (non-hydrogen) atoms. The molecule has 0 saturated heterocycles. The molecule has 1 N–H and O–H groups in total. The van der Waals surface area contributed by atoms with Crippen molar-refractivity contribution in [3.8, 4) is 22.9 Å². The summed E-state index contributed by atoms with van der Waals surface area (Å²) in [5, 5.41) is 3.93. The Balaban J connectivity index is 1.85. The number of methoxy groups -OCH3 is 2. The van der Waals surface area contributed by atoms with Gasteiger partial charge in [0, 0.05) is 18.7 Å². The summed E-state index contributed by atoms with van der Waals surface area (Å²) in [5.74, 6) is 0.996. The van der Waals surface area contributed by atoms with E-state index in [0.717, 1.165) is 12.8 Å². The SMILES string of the molecule is CCCCn1c(=O)[nH]c(=O)c2c1nc(Cn1c(-c3ccc(OC)c(OC)c3)noc1=O)n2CC. The summed E-state index contributed by atoms with van der Waals surface area (Å²) >= 11 is 0. The fourth-order valence-electron chi connectivity index (χ4n) is 3.93. The molecule has 1 aromatic carbocycles. The Morgan fingerprint density at radius 3 is 2.47 bits per heavy atom. The number of aromatic amines is 1. The minimum atomic E-state index is -0.684. The second-order valence-corrected chi connectivity index (χ2v) is 7.64. The van der Waals surface area contributed by atoms with Gasteiger partial charge in [0.1, 0.15) is 5.82 Å². The lowest BCUT2D eigenvalue weighted by atomic mass is 10.2. The molecule has 0 unspecified atom stereocenters. The number of ether oxygens (including phenoxy) is 2. The highest BCUT2D eigenvalue weighted by Crippen LogP contribution is 2.31. The van der Waals surface area contributed by atoms with E-state index in [2.05, 4.69) is 15.1 Å². The Hall–Kier alpha value is -4.09. The van der Waals surface area contributed by atoms with Gasteiger partial charge in [0.25, 0.3) is 5.56 Å². The lowest BCUT2D eigenvalue weighted by molar-refractivity contribution is 0.355. The van der Waals surface area contributed by atoms with Crippen LogP contribution in [0.1, 0.15) is 32.5 Å². The summed E-state index contributed by atoms with van der Waals surface area (Å²) in [4.78, 5) is 44.6. The smallest absolute Gasteiger partial charge is 0.442 e. The molecule has 0 bridgehead atoms. The summed E-state index contributed by atoms with van der Waals surface area (Å²) in [6.07, 6.45) is 1.63. The maximum absolute atomic E-state index is 12.7. The first-order chi connectivity index (χ1) is 16.4. The third-order valence-corrected chi connectivity index (χ3v) is 5.64. The Labute approximate surface area is 193 Å². The van der Waals surface area contributed by atoms with Crippen LogP contribution in [0, 0.1) is 0 Å². The van der Waals surface area contributed by atoms with Crippen molar-refractivity contribution in [1.82, 2.24) is 28.8 Å². The number of nitrogens with one attached hydrogen (secondary N) is 1. The largest absolute Gasteiger partial charge is 0.493 e. The molecule has 4 rings (SSSR count). The van der Waals surface area contributed by atoms with Gasteiger partial charge in [-0.25, -0.2) is 19.1 Å². The van der Waals surface area contributed by atoms with E-state index in [9.17, 15) is 14.4 Å². The number of aryl methyl sites for hydroxylation is 2. The molecular weight excluding hydrogens is 444 g/mol. The minimum Gasteiger partial charge on any atom is -0.493 e. The zero-order valence-corrected chi connectivity index (χ0v) is 19.5. The van der Waals surface area contributed by atoms with Crippen molar-refractivity contribution in [2.45, 2.75) is 46.3 Å². The molecule has 0 atom stereocenters. The second kappa shape index (κ2) is 9.41. The molecular formula is C22H26N6O6. The van der Waals surface area contributed by atoms with Gasteiger partial charge in [-0.3, -0.25) is 18.9 Å². The van der Waals surface area contributed by atoms with E-state index in [4.69, 9.17) is 14.0 Å². The maximum atomic E-state index is 12.7. The molecule has 0 saturated carbocycles. The lowest BCUT2D eigenvalue weighted by Crippen LogP contribution is -2.31. The molecule has 0 amide bonds. The van der Waals surface area contributed by atoms with Gasteiger partial charge < -0.3 is 14.0 Å². The van der Waals surface area contributed by atoms with Crippen molar-refractivity contribution in [3.05, 3.63) is 55.4 Å². The average Bonchev–Trinajstić information content (AvgIpc) is 3.39.